The van der Waals surface area contributed by atoms with Crippen LogP contribution in [0.5, 0.6) is 0 Å². The highest BCUT2D eigenvalue weighted by molar-refractivity contribution is 5.78. The highest BCUT2D eigenvalue weighted by Crippen LogP contribution is 2.15. The maximum Gasteiger partial charge on any atom is 0.317 e. The Morgan fingerprint density at radius 1 is 0.875 bits per heavy atom. The van der Waals surface area contributed by atoms with Crippen LogP contribution in [0.15, 0.2) is 30.3 Å². The van der Waals surface area contributed by atoms with E-state index in [9.17, 15) is 9.59 Å². The minimum Gasteiger partial charge on any atom is -0.368 e. The summed E-state index contributed by atoms with van der Waals surface area (Å²) < 4.78 is 0. The van der Waals surface area contributed by atoms with Crippen molar-refractivity contribution in [2.24, 2.45) is 0 Å². The van der Waals surface area contributed by atoms with E-state index in [2.05, 4.69) is 22.3 Å². The molecule has 130 valence electrons. The quantitative estimate of drug-likeness (QED) is 0.911. The molecule has 6 nitrogen and oxygen atoms in total. The van der Waals surface area contributed by atoms with Crippen LogP contribution in [0, 0.1) is 0 Å². The summed E-state index contributed by atoms with van der Waals surface area (Å²) in [4.78, 5) is 30.2. The van der Waals surface area contributed by atoms with Crippen LogP contribution < -0.4 is 10.2 Å². The first-order chi connectivity index (χ1) is 11.7. The minimum atomic E-state index is -0.0584. The van der Waals surface area contributed by atoms with Gasteiger partial charge in [0.05, 0.1) is 0 Å². The van der Waals surface area contributed by atoms with Crippen LogP contribution in [0.4, 0.5) is 10.5 Å². The Morgan fingerprint density at radius 3 is 2.21 bits per heavy atom. The number of carbonyl (C=O) groups is 2. The van der Waals surface area contributed by atoms with Crippen LogP contribution in [-0.2, 0) is 4.79 Å². The zero-order chi connectivity index (χ0) is 16.8. The fourth-order valence-corrected chi connectivity index (χ4v) is 3.32. The highest BCUT2D eigenvalue weighted by atomic mass is 16.2. The van der Waals surface area contributed by atoms with Crippen LogP contribution in [0.1, 0.15) is 19.3 Å². The lowest BCUT2D eigenvalue weighted by Crippen LogP contribution is -2.52. The van der Waals surface area contributed by atoms with Crippen LogP contribution in [-0.4, -0.2) is 67.6 Å². The Morgan fingerprint density at radius 2 is 1.54 bits per heavy atom. The van der Waals surface area contributed by atoms with Crippen molar-refractivity contribution in [3.8, 4) is 0 Å². The number of rotatable bonds is 4. The third-order valence-corrected chi connectivity index (χ3v) is 4.76. The molecule has 0 saturated carbocycles. The first-order valence-corrected chi connectivity index (χ1v) is 8.84. The van der Waals surface area contributed by atoms with Crippen LogP contribution in [0.2, 0.25) is 0 Å². The average Bonchev–Trinajstić information content (AvgIpc) is 3.17. The third kappa shape index (κ3) is 4.19. The molecule has 1 aromatic carbocycles. The van der Waals surface area contributed by atoms with Gasteiger partial charge in [-0.05, 0) is 25.0 Å². The normalized spacial score (nSPS) is 17.9. The zero-order valence-corrected chi connectivity index (χ0v) is 14.1. The van der Waals surface area contributed by atoms with Crippen LogP contribution >= 0.6 is 0 Å². The molecule has 0 spiro atoms. The van der Waals surface area contributed by atoms with E-state index in [1.807, 2.05) is 28.0 Å². The topological polar surface area (TPSA) is 55.9 Å². The van der Waals surface area contributed by atoms with E-state index in [4.69, 9.17) is 0 Å². The number of carbonyl (C=O) groups excluding carboxylic acids is 2. The van der Waals surface area contributed by atoms with Crippen molar-refractivity contribution in [1.29, 1.82) is 0 Å². The molecule has 3 amide bonds. The van der Waals surface area contributed by atoms with Gasteiger partial charge in [0, 0.05) is 57.9 Å². The first-order valence-electron chi connectivity index (χ1n) is 8.84. The van der Waals surface area contributed by atoms with Gasteiger partial charge in [0.15, 0.2) is 0 Å². The van der Waals surface area contributed by atoms with Gasteiger partial charge in [-0.1, -0.05) is 18.2 Å². The Balaban J connectivity index is 1.37. The largest absolute Gasteiger partial charge is 0.368 e. The van der Waals surface area contributed by atoms with Crippen molar-refractivity contribution in [1.82, 2.24) is 15.1 Å². The molecule has 2 aliphatic heterocycles. The van der Waals surface area contributed by atoms with Crippen molar-refractivity contribution in [3.63, 3.8) is 0 Å². The molecule has 3 rings (SSSR count). The Kier molecular flexibility index (Phi) is 5.56. The molecule has 2 fully saturated rings. The summed E-state index contributed by atoms with van der Waals surface area (Å²) in [6.45, 7) is 5.26. The van der Waals surface area contributed by atoms with Gasteiger partial charge in [0.2, 0.25) is 5.91 Å². The molecule has 0 aromatic heterocycles. The average molecular weight is 330 g/mol. The predicted molar refractivity (Wildman–Crippen MR) is 94.1 cm³/mol. The molecule has 0 atom stereocenters. The maximum atomic E-state index is 12.2. The molecule has 2 aliphatic rings. The van der Waals surface area contributed by atoms with E-state index < -0.39 is 0 Å². The van der Waals surface area contributed by atoms with Crippen LogP contribution in [0.25, 0.3) is 0 Å². The molecular weight excluding hydrogens is 304 g/mol. The standard InChI is InChI=1S/C18H26N4O2/c23-17(21-10-4-5-11-21)8-9-19-18(24)22-14-12-20(13-15-22)16-6-2-1-3-7-16/h1-3,6-7H,4-5,8-15H2,(H,19,24). The molecule has 0 unspecified atom stereocenters. The van der Waals surface area contributed by atoms with Crippen molar-refractivity contribution in [2.45, 2.75) is 19.3 Å². The summed E-state index contributed by atoms with van der Waals surface area (Å²) >= 11 is 0. The van der Waals surface area contributed by atoms with Gasteiger partial charge < -0.3 is 20.0 Å². The number of para-hydroxylation sites is 1. The van der Waals surface area contributed by atoms with Crippen molar-refractivity contribution >= 4 is 17.6 Å². The first kappa shape index (κ1) is 16.6. The summed E-state index contributed by atoms with van der Waals surface area (Å²) in [7, 11) is 0. The van der Waals surface area contributed by atoms with E-state index in [0.29, 0.717) is 26.1 Å². The molecular formula is C18H26N4O2. The van der Waals surface area contributed by atoms with E-state index >= 15 is 0 Å². The van der Waals surface area contributed by atoms with E-state index in [0.717, 1.165) is 39.0 Å². The summed E-state index contributed by atoms with van der Waals surface area (Å²) in [5.41, 5.74) is 1.20. The smallest absolute Gasteiger partial charge is 0.317 e. The van der Waals surface area contributed by atoms with E-state index in [1.54, 1.807) is 0 Å². The molecule has 0 bridgehead atoms. The van der Waals surface area contributed by atoms with Gasteiger partial charge >= 0.3 is 6.03 Å². The molecule has 6 heteroatoms. The SMILES string of the molecule is O=C(CCNC(=O)N1CCN(c2ccccc2)CC1)N1CCCC1. The second-order valence-corrected chi connectivity index (χ2v) is 6.38. The van der Waals surface area contributed by atoms with Crippen molar-refractivity contribution in [3.05, 3.63) is 30.3 Å². The number of amides is 3. The van der Waals surface area contributed by atoms with Gasteiger partial charge in [-0.15, -0.1) is 0 Å². The lowest BCUT2D eigenvalue weighted by molar-refractivity contribution is -0.129. The maximum absolute atomic E-state index is 12.2. The molecule has 2 heterocycles. The predicted octanol–water partition coefficient (Wildman–Crippen LogP) is 1.53. The summed E-state index contributed by atoms with van der Waals surface area (Å²) in [6, 6.07) is 10.2. The van der Waals surface area contributed by atoms with Gasteiger partial charge in [0.1, 0.15) is 0 Å². The number of hydrogen-bond acceptors (Lipinski definition) is 3. The third-order valence-electron chi connectivity index (χ3n) is 4.76. The number of nitrogens with one attached hydrogen (secondary N) is 1. The molecule has 0 aliphatic carbocycles. The van der Waals surface area contributed by atoms with Crippen LogP contribution in [0.3, 0.4) is 0 Å². The number of hydrogen-bond donors (Lipinski definition) is 1. The zero-order valence-electron chi connectivity index (χ0n) is 14.1. The molecule has 1 N–H and O–H groups in total. The van der Waals surface area contributed by atoms with Gasteiger partial charge in [-0.3, -0.25) is 4.79 Å². The van der Waals surface area contributed by atoms with Gasteiger partial charge in [-0.25, -0.2) is 4.79 Å². The second kappa shape index (κ2) is 8.04. The Labute approximate surface area is 143 Å². The number of benzene rings is 1. The van der Waals surface area contributed by atoms with E-state index in [-0.39, 0.29) is 11.9 Å². The van der Waals surface area contributed by atoms with E-state index in [1.165, 1.54) is 5.69 Å². The fraction of sp³-hybridized carbons (Fsp3) is 0.556. The van der Waals surface area contributed by atoms with Crippen molar-refractivity contribution < 1.29 is 9.59 Å². The summed E-state index contributed by atoms with van der Waals surface area (Å²) in [6.07, 6.45) is 2.60. The molecule has 1 aromatic rings. The molecule has 2 saturated heterocycles. The minimum absolute atomic E-state index is 0.0584. The number of urea groups is 1. The van der Waals surface area contributed by atoms with Gasteiger partial charge in [-0.2, -0.15) is 0 Å². The number of nitrogens with zero attached hydrogens (tertiary/aromatic N) is 3. The second-order valence-electron chi connectivity index (χ2n) is 6.38. The monoisotopic (exact) mass is 330 g/mol. The Hall–Kier alpha value is -2.24. The number of piperazine rings is 1. The van der Waals surface area contributed by atoms with Crippen molar-refractivity contribution in [2.75, 3.05) is 50.7 Å². The molecule has 24 heavy (non-hydrogen) atoms. The van der Waals surface area contributed by atoms with Gasteiger partial charge in [0.25, 0.3) is 0 Å². The Bertz CT molecular complexity index is 549. The lowest BCUT2D eigenvalue weighted by atomic mass is 10.2. The number of anilines is 1. The lowest BCUT2D eigenvalue weighted by Gasteiger charge is -2.36. The summed E-state index contributed by atoms with van der Waals surface area (Å²) in [5.74, 6) is 0.154. The number of likely N-dealkylation sites (tertiary alicyclic amines) is 1. The molecule has 0 radical (unpaired) electrons. The summed E-state index contributed by atoms with van der Waals surface area (Å²) in [5, 5.41) is 2.88. The highest BCUT2D eigenvalue weighted by Gasteiger charge is 2.22. The fourth-order valence-electron chi connectivity index (χ4n) is 3.32.